The minimum Gasteiger partial charge on any atom is -0.386 e. The third-order valence-corrected chi connectivity index (χ3v) is 3.30. The standard InChI is InChI=1S/C18H30O3/c1-4-5-10-20-11-12-21-14-18(19)17-8-6-16(7-9-17)13-15(2)3/h6-9,15,18-19H,4-5,10-14H2,1-3H3. The van der Waals surface area contributed by atoms with Gasteiger partial charge < -0.3 is 14.6 Å². The quantitative estimate of drug-likeness (QED) is 0.632. The van der Waals surface area contributed by atoms with E-state index in [1.807, 2.05) is 12.1 Å². The molecule has 0 bridgehead atoms. The van der Waals surface area contributed by atoms with Crippen molar-refractivity contribution in [2.45, 2.75) is 46.1 Å². The van der Waals surface area contributed by atoms with E-state index in [1.54, 1.807) is 0 Å². The second-order valence-electron chi connectivity index (χ2n) is 5.90. The third-order valence-electron chi connectivity index (χ3n) is 3.30. The van der Waals surface area contributed by atoms with Crippen LogP contribution in [0.2, 0.25) is 0 Å². The van der Waals surface area contributed by atoms with Crippen molar-refractivity contribution < 1.29 is 14.6 Å². The highest BCUT2D eigenvalue weighted by Crippen LogP contribution is 2.16. The summed E-state index contributed by atoms with van der Waals surface area (Å²) in [6.45, 7) is 8.80. The molecule has 0 aromatic heterocycles. The fourth-order valence-electron chi connectivity index (χ4n) is 2.10. The fourth-order valence-corrected chi connectivity index (χ4v) is 2.10. The summed E-state index contributed by atoms with van der Waals surface area (Å²) in [4.78, 5) is 0. The van der Waals surface area contributed by atoms with Crippen LogP contribution < -0.4 is 0 Å². The van der Waals surface area contributed by atoms with E-state index >= 15 is 0 Å². The Bertz CT molecular complexity index is 359. The molecule has 1 rings (SSSR count). The summed E-state index contributed by atoms with van der Waals surface area (Å²) in [6, 6.07) is 8.16. The molecule has 1 aromatic carbocycles. The summed E-state index contributed by atoms with van der Waals surface area (Å²) in [7, 11) is 0. The first-order valence-corrected chi connectivity index (χ1v) is 8.05. The molecule has 120 valence electrons. The number of ether oxygens (including phenoxy) is 2. The summed E-state index contributed by atoms with van der Waals surface area (Å²) in [5.41, 5.74) is 2.22. The number of aliphatic hydroxyl groups excluding tert-OH is 1. The molecule has 0 amide bonds. The number of rotatable bonds is 11. The monoisotopic (exact) mass is 294 g/mol. The van der Waals surface area contributed by atoms with E-state index in [4.69, 9.17) is 9.47 Å². The lowest BCUT2D eigenvalue weighted by atomic mass is 10.0. The van der Waals surface area contributed by atoms with Gasteiger partial charge >= 0.3 is 0 Å². The van der Waals surface area contributed by atoms with Crippen molar-refractivity contribution in [1.29, 1.82) is 0 Å². The minimum absolute atomic E-state index is 0.320. The maximum Gasteiger partial charge on any atom is 0.102 e. The van der Waals surface area contributed by atoms with Crippen molar-refractivity contribution in [3.05, 3.63) is 35.4 Å². The number of unbranched alkanes of at least 4 members (excludes halogenated alkanes) is 1. The van der Waals surface area contributed by atoms with E-state index in [9.17, 15) is 5.11 Å². The molecule has 0 spiro atoms. The lowest BCUT2D eigenvalue weighted by molar-refractivity contribution is 0.00274. The molecule has 0 aliphatic carbocycles. The van der Waals surface area contributed by atoms with Crippen molar-refractivity contribution in [2.75, 3.05) is 26.4 Å². The van der Waals surface area contributed by atoms with Crippen LogP contribution in [0.3, 0.4) is 0 Å². The van der Waals surface area contributed by atoms with Crippen LogP contribution in [0.15, 0.2) is 24.3 Å². The maximum atomic E-state index is 10.1. The second-order valence-corrected chi connectivity index (χ2v) is 5.90. The molecule has 0 radical (unpaired) electrons. The van der Waals surface area contributed by atoms with Gasteiger partial charge in [-0.2, -0.15) is 0 Å². The van der Waals surface area contributed by atoms with E-state index in [0.29, 0.717) is 25.7 Å². The molecule has 0 saturated heterocycles. The van der Waals surface area contributed by atoms with Gasteiger partial charge in [0.05, 0.1) is 19.8 Å². The predicted octanol–water partition coefficient (Wildman–Crippen LogP) is 3.75. The van der Waals surface area contributed by atoms with Gasteiger partial charge in [-0.15, -0.1) is 0 Å². The van der Waals surface area contributed by atoms with E-state index in [-0.39, 0.29) is 0 Å². The number of hydrogen-bond acceptors (Lipinski definition) is 3. The van der Waals surface area contributed by atoms with Crippen LogP contribution in [0.1, 0.15) is 50.8 Å². The highest BCUT2D eigenvalue weighted by Gasteiger charge is 2.08. The normalized spacial score (nSPS) is 12.8. The van der Waals surface area contributed by atoms with Crippen molar-refractivity contribution in [2.24, 2.45) is 5.92 Å². The van der Waals surface area contributed by atoms with Crippen LogP contribution in [0.25, 0.3) is 0 Å². The lowest BCUT2D eigenvalue weighted by Crippen LogP contribution is -2.11. The summed E-state index contributed by atoms with van der Waals surface area (Å²) in [5.74, 6) is 0.650. The fraction of sp³-hybridized carbons (Fsp3) is 0.667. The molecule has 1 aromatic rings. The van der Waals surface area contributed by atoms with Crippen LogP contribution in [-0.2, 0) is 15.9 Å². The van der Waals surface area contributed by atoms with Crippen LogP contribution in [0, 0.1) is 5.92 Å². The van der Waals surface area contributed by atoms with Gasteiger partial charge in [0.2, 0.25) is 0 Å². The first kappa shape index (κ1) is 18.1. The summed E-state index contributed by atoms with van der Waals surface area (Å²) in [6.07, 6.45) is 2.74. The molecule has 3 nitrogen and oxygen atoms in total. The van der Waals surface area contributed by atoms with Gasteiger partial charge in [0.15, 0.2) is 0 Å². The Morgan fingerprint density at radius 2 is 1.67 bits per heavy atom. The summed E-state index contributed by atoms with van der Waals surface area (Å²) >= 11 is 0. The van der Waals surface area contributed by atoms with Crippen LogP contribution in [-0.4, -0.2) is 31.5 Å². The van der Waals surface area contributed by atoms with Gasteiger partial charge in [-0.05, 0) is 29.9 Å². The molecular formula is C18H30O3. The van der Waals surface area contributed by atoms with Crippen molar-refractivity contribution in [3.63, 3.8) is 0 Å². The highest BCUT2D eigenvalue weighted by molar-refractivity contribution is 5.24. The van der Waals surface area contributed by atoms with Crippen LogP contribution in [0.4, 0.5) is 0 Å². The molecular weight excluding hydrogens is 264 g/mol. The number of aliphatic hydroxyl groups is 1. The zero-order valence-electron chi connectivity index (χ0n) is 13.7. The molecule has 3 heteroatoms. The maximum absolute atomic E-state index is 10.1. The largest absolute Gasteiger partial charge is 0.386 e. The molecule has 0 heterocycles. The lowest BCUT2D eigenvalue weighted by Gasteiger charge is -2.13. The van der Waals surface area contributed by atoms with Gasteiger partial charge in [-0.25, -0.2) is 0 Å². The first-order valence-electron chi connectivity index (χ1n) is 8.05. The zero-order valence-corrected chi connectivity index (χ0v) is 13.7. The predicted molar refractivity (Wildman–Crippen MR) is 86.5 cm³/mol. The SMILES string of the molecule is CCCCOCCOCC(O)c1ccc(CC(C)C)cc1. The first-order chi connectivity index (χ1) is 10.1. The average Bonchev–Trinajstić information content (AvgIpc) is 2.46. The van der Waals surface area contributed by atoms with E-state index < -0.39 is 6.10 Å². The Kier molecular flexibility index (Phi) is 9.31. The Labute approximate surface area is 129 Å². The topological polar surface area (TPSA) is 38.7 Å². The smallest absolute Gasteiger partial charge is 0.102 e. The molecule has 21 heavy (non-hydrogen) atoms. The van der Waals surface area contributed by atoms with Gasteiger partial charge in [-0.3, -0.25) is 0 Å². The Morgan fingerprint density at radius 1 is 1.00 bits per heavy atom. The van der Waals surface area contributed by atoms with Crippen molar-refractivity contribution >= 4 is 0 Å². The summed E-state index contributed by atoms with van der Waals surface area (Å²) in [5, 5.41) is 10.1. The molecule has 1 unspecified atom stereocenters. The van der Waals surface area contributed by atoms with Crippen LogP contribution in [0.5, 0.6) is 0 Å². The Balaban J connectivity index is 2.21. The summed E-state index contributed by atoms with van der Waals surface area (Å²) < 4.78 is 10.9. The van der Waals surface area contributed by atoms with E-state index in [1.165, 1.54) is 5.56 Å². The van der Waals surface area contributed by atoms with Gasteiger partial charge in [0.1, 0.15) is 6.10 Å². The molecule has 1 N–H and O–H groups in total. The van der Waals surface area contributed by atoms with Gasteiger partial charge in [-0.1, -0.05) is 51.5 Å². The molecule has 1 atom stereocenters. The van der Waals surface area contributed by atoms with Crippen LogP contribution >= 0.6 is 0 Å². The molecule has 0 aliphatic heterocycles. The van der Waals surface area contributed by atoms with E-state index in [0.717, 1.165) is 31.4 Å². The minimum atomic E-state index is -0.561. The highest BCUT2D eigenvalue weighted by atomic mass is 16.5. The number of benzene rings is 1. The molecule has 0 saturated carbocycles. The Morgan fingerprint density at radius 3 is 2.29 bits per heavy atom. The van der Waals surface area contributed by atoms with Crippen molar-refractivity contribution in [3.8, 4) is 0 Å². The van der Waals surface area contributed by atoms with E-state index in [2.05, 4.69) is 32.9 Å². The average molecular weight is 294 g/mol. The van der Waals surface area contributed by atoms with Gasteiger partial charge in [0, 0.05) is 6.61 Å². The zero-order chi connectivity index (χ0) is 15.5. The Hall–Kier alpha value is -0.900. The molecule has 0 fully saturated rings. The third kappa shape index (κ3) is 8.20. The number of hydrogen-bond donors (Lipinski definition) is 1. The van der Waals surface area contributed by atoms with Crippen molar-refractivity contribution in [1.82, 2.24) is 0 Å². The second kappa shape index (κ2) is 10.8. The molecule has 0 aliphatic rings. The van der Waals surface area contributed by atoms with Gasteiger partial charge in [0.25, 0.3) is 0 Å².